The molecule has 2 nitrogen and oxygen atoms in total. The topological polar surface area (TPSA) is 16.8 Å². The van der Waals surface area contributed by atoms with Crippen LogP contribution in [0.2, 0.25) is 0 Å². The number of hydrogen-bond acceptors (Lipinski definition) is 1. The number of hydrogen-bond donors (Lipinski definition) is 0. The van der Waals surface area contributed by atoms with Gasteiger partial charge in [0.05, 0.1) is 18.0 Å². The second-order valence-electron chi connectivity index (χ2n) is 7.29. The Kier molecular flexibility index (Phi) is 3.91. The minimum absolute atomic E-state index is 1.12. The molecule has 0 saturated carbocycles. The molecule has 2 heteroatoms. The van der Waals surface area contributed by atoms with Crippen molar-refractivity contribution in [2.75, 3.05) is 0 Å². The van der Waals surface area contributed by atoms with E-state index in [0.717, 1.165) is 5.69 Å². The quantitative estimate of drug-likeness (QED) is 0.284. The first kappa shape index (κ1) is 16.6. The van der Waals surface area contributed by atoms with Gasteiger partial charge in [-0.05, 0) is 57.3 Å². The summed E-state index contributed by atoms with van der Waals surface area (Å²) >= 11 is 0. The van der Waals surface area contributed by atoms with Crippen molar-refractivity contribution >= 4 is 21.5 Å². The minimum Gasteiger partial charge on any atom is -0.252 e. The Morgan fingerprint density at radius 3 is 2.32 bits per heavy atom. The first-order chi connectivity index (χ1) is 13.7. The Morgan fingerprint density at radius 1 is 0.750 bits per heavy atom. The van der Waals surface area contributed by atoms with Crippen molar-refractivity contribution in [3.8, 4) is 22.4 Å². The molecule has 1 aromatic heterocycles. The van der Waals surface area contributed by atoms with Gasteiger partial charge < -0.3 is 0 Å². The summed E-state index contributed by atoms with van der Waals surface area (Å²) in [6, 6.07) is 26.4. The third kappa shape index (κ3) is 2.66. The van der Waals surface area contributed by atoms with Crippen LogP contribution in [0.25, 0.3) is 43.9 Å². The summed E-state index contributed by atoms with van der Waals surface area (Å²) in [6.45, 7) is 2.16. The van der Waals surface area contributed by atoms with Crippen LogP contribution in [-0.4, -0.2) is 4.98 Å². The van der Waals surface area contributed by atoms with E-state index in [1.807, 2.05) is 18.6 Å². The molecular formula is C26H21N2+. The molecule has 0 fully saturated rings. The molecule has 0 bridgehead atoms. The van der Waals surface area contributed by atoms with Crippen molar-refractivity contribution in [3.05, 3.63) is 97.0 Å². The normalized spacial score (nSPS) is 11.2. The Morgan fingerprint density at radius 2 is 1.50 bits per heavy atom. The van der Waals surface area contributed by atoms with Gasteiger partial charge in [0.1, 0.15) is 7.05 Å². The predicted molar refractivity (Wildman–Crippen MR) is 116 cm³/mol. The van der Waals surface area contributed by atoms with Gasteiger partial charge in [0.25, 0.3) is 0 Å². The van der Waals surface area contributed by atoms with E-state index in [9.17, 15) is 0 Å². The van der Waals surface area contributed by atoms with E-state index in [0.29, 0.717) is 0 Å². The summed E-state index contributed by atoms with van der Waals surface area (Å²) in [4.78, 5) is 4.34. The third-order valence-corrected chi connectivity index (χ3v) is 5.55. The second kappa shape index (κ2) is 6.58. The van der Waals surface area contributed by atoms with Gasteiger partial charge in [-0.15, -0.1) is 0 Å². The molecule has 4 aromatic carbocycles. The zero-order chi connectivity index (χ0) is 19.1. The van der Waals surface area contributed by atoms with E-state index >= 15 is 0 Å². The highest BCUT2D eigenvalue weighted by Crippen LogP contribution is 2.36. The molecule has 28 heavy (non-hydrogen) atoms. The van der Waals surface area contributed by atoms with Crippen LogP contribution in [0.15, 0.2) is 91.4 Å². The van der Waals surface area contributed by atoms with Crippen LogP contribution >= 0.6 is 0 Å². The Bertz CT molecular complexity index is 1340. The number of benzene rings is 4. The van der Waals surface area contributed by atoms with Gasteiger partial charge in [0.15, 0.2) is 6.20 Å². The monoisotopic (exact) mass is 361 g/mol. The zero-order valence-electron chi connectivity index (χ0n) is 16.1. The van der Waals surface area contributed by atoms with Gasteiger partial charge >= 0.3 is 0 Å². The van der Waals surface area contributed by atoms with E-state index in [-0.39, 0.29) is 0 Å². The Balaban J connectivity index is 1.81. The van der Waals surface area contributed by atoms with Crippen molar-refractivity contribution in [2.45, 2.75) is 6.92 Å². The lowest BCUT2D eigenvalue weighted by molar-refractivity contribution is -0.660. The molecule has 0 aliphatic rings. The van der Waals surface area contributed by atoms with E-state index in [4.69, 9.17) is 0 Å². The minimum atomic E-state index is 1.12. The van der Waals surface area contributed by atoms with Crippen molar-refractivity contribution in [3.63, 3.8) is 0 Å². The molecule has 0 spiro atoms. The number of fused-ring (bicyclic) bond motifs is 3. The number of nitrogens with zero attached hydrogens (tertiary/aromatic N) is 2. The highest BCUT2D eigenvalue weighted by Gasteiger charge is 2.15. The molecule has 134 valence electrons. The predicted octanol–water partition coefficient (Wildman–Crippen LogP) is 5.85. The summed E-state index contributed by atoms with van der Waals surface area (Å²) in [7, 11) is 2.06. The lowest BCUT2D eigenvalue weighted by Gasteiger charge is -2.13. The van der Waals surface area contributed by atoms with Gasteiger partial charge in [-0.25, -0.2) is 0 Å². The average molecular weight is 361 g/mol. The van der Waals surface area contributed by atoms with Crippen LogP contribution in [0.3, 0.4) is 0 Å². The molecular weight excluding hydrogens is 340 g/mol. The summed E-state index contributed by atoms with van der Waals surface area (Å²) in [5.74, 6) is 0. The largest absolute Gasteiger partial charge is 0.252 e. The molecule has 0 aliphatic carbocycles. The Labute approximate surface area is 164 Å². The van der Waals surface area contributed by atoms with Gasteiger partial charge in [-0.2, -0.15) is 4.57 Å². The standard InChI is InChI=1S/C26H21N2/c1-18-11-12-20(15-24(18)26-17-27-13-14-28(26)2)25-16-19-7-3-4-8-21(19)22-9-5-6-10-23(22)25/h3-17H,1-2H3/q+1. The van der Waals surface area contributed by atoms with E-state index in [1.165, 1.54) is 43.8 Å². The van der Waals surface area contributed by atoms with Crippen molar-refractivity contribution in [1.82, 2.24) is 4.98 Å². The van der Waals surface area contributed by atoms with Crippen molar-refractivity contribution < 1.29 is 4.57 Å². The number of rotatable bonds is 2. The Hall–Kier alpha value is -3.52. The average Bonchev–Trinajstić information content (AvgIpc) is 2.74. The lowest BCUT2D eigenvalue weighted by atomic mass is 9.91. The summed E-state index contributed by atoms with van der Waals surface area (Å²) < 4.78 is 2.12. The molecule has 5 aromatic rings. The fourth-order valence-electron chi connectivity index (χ4n) is 4.04. The van der Waals surface area contributed by atoms with Gasteiger partial charge in [-0.3, -0.25) is 4.98 Å². The zero-order valence-corrected chi connectivity index (χ0v) is 16.1. The molecule has 0 N–H and O–H groups in total. The third-order valence-electron chi connectivity index (χ3n) is 5.55. The van der Waals surface area contributed by atoms with Crippen LogP contribution in [0.1, 0.15) is 5.56 Å². The molecule has 0 saturated heterocycles. The van der Waals surface area contributed by atoms with Gasteiger partial charge in [0, 0.05) is 0 Å². The molecule has 0 unspecified atom stereocenters. The maximum Gasteiger partial charge on any atom is 0.231 e. The maximum atomic E-state index is 4.34. The molecule has 0 atom stereocenters. The van der Waals surface area contributed by atoms with Crippen LogP contribution in [0.4, 0.5) is 0 Å². The molecule has 0 aliphatic heterocycles. The van der Waals surface area contributed by atoms with Crippen molar-refractivity contribution in [1.29, 1.82) is 0 Å². The summed E-state index contributed by atoms with van der Waals surface area (Å²) in [6.07, 6.45) is 5.75. The van der Waals surface area contributed by atoms with E-state index in [1.54, 1.807) is 0 Å². The van der Waals surface area contributed by atoms with Gasteiger partial charge in [-0.1, -0.05) is 60.7 Å². The summed E-state index contributed by atoms with van der Waals surface area (Å²) in [5.41, 5.74) is 6.07. The molecule has 1 heterocycles. The highest BCUT2D eigenvalue weighted by atomic mass is 14.9. The van der Waals surface area contributed by atoms with E-state index in [2.05, 4.69) is 96.3 Å². The highest BCUT2D eigenvalue weighted by molar-refractivity contribution is 6.13. The van der Waals surface area contributed by atoms with E-state index < -0.39 is 0 Å². The first-order valence-electron chi connectivity index (χ1n) is 9.54. The number of aromatic nitrogens is 2. The SMILES string of the molecule is Cc1ccc(-c2cc3ccccc3c3ccccc23)cc1-c1cncc[n+]1C. The molecule has 5 rings (SSSR count). The fourth-order valence-corrected chi connectivity index (χ4v) is 4.04. The van der Waals surface area contributed by atoms with Crippen LogP contribution in [-0.2, 0) is 7.05 Å². The molecule has 0 amide bonds. The number of aryl methyl sites for hydroxylation is 2. The van der Waals surface area contributed by atoms with Gasteiger partial charge in [0.2, 0.25) is 5.69 Å². The smallest absolute Gasteiger partial charge is 0.231 e. The fraction of sp³-hybridized carbons (Fsp3) is 0.0769. The second-order valence-corrected chi connectivity index (χ2v) is 7.29. The van der Waals surface area contributed by atoms with Crippen LogP contribution in [0, 0.1) is 6.92 Å². The lowest BCUT2D eigenvalue weighted by Crippen LogP contribution is -2.30. The van der Waals surface area contributed by atoms with Crippen LogP contribution in [0.5, 0.6) is 0 Å². The molecule has 0 radical (unpaired) electrons. The van der Waals surface area contributed by atoms with Crippen LogP contribution < -0.4 is 4.57 Å². The maximum absolute atomic E-state index is 4.34. The first-order valence-corrected chi connectivity index (χ1v) is 9.54. The summed E-state index contributed by atoms with van der Waals surface area (Å²) in [5, 5.41) is 5.15. The van der Waals surface area contributed by atoms with Crippen molar-refractivity contribution in [2.24, 2.45) is 7.05 Å².